The molecule has 5 aliphatic rings. The van der Waals surface area contributed by atoms with E-state index in [0.29, 0.717) is 37.6 Å². The lowest BCUT2D eigenvalue weighted by atomic mass is 9.77. The summed E-state index contributed by atoms with van der Waals surface area (Å²) in [5, 5.41) is 5.92. The van der Waals surface area contributed by atoms with Crippen molar-refractivity contribution in [1.82, 2.24) is 25.6 Å². The largest absolute Gasteiger partial charge is 0.409 e. The zero-order chi connectivity index (χ0) is 27.4. The van der Waals surface area contributed by atoms with Gasteiger partial charge < -0.3 is 4.90 Å². The minimum Gasteiger partial charge on any atom is -0.333 e. The highest BCUT2D eigenvalue weighted by Gasteiger charge is 2.53. The molecule has 5 fully saturated rings. The molecule has 5 rings (SSSR count). The van der Waals surface area contributed by atoms with Crippen molar-refractivity contribution < 1.29 is 22.2 Å². The Morgan fingerprint density at radius 1 is 1.13 bits per heavy atom. The number of nitrogens with zero attached hydrogens (tertiary/aromatic N) is 3. The van der Waals surface area contributed by atoms with Crippen molar-refractivity contribution in [3.63, 3.8) is 0 Å². The van der Waals surface area contributed by atoms with Crippen molar-refractivity contribution in [2.45, 2.75) is 100 Å². The number of hydrogen-bond donors (Lipinski definition) is 3. The molecule has 4 aliphatic heterocycles. The van der Waals surface area contributed by atoms with E-state index in [9.17, 15) is 22.2 Å². The van der Waals surface area contributed by atoms with Crippen LogP contribution in [0.4, 0.5) is 13.2 Å². The van der Waals surface area contributed by atoms with Crippen molar-refractivity contribution in [3.05, 3.63) is 0 Å². The molecular weight excluding hydrogens is 541 g/mol. The fourth-order valence-electron chi connectivity index (χ4n) is 7.90. The van der Waals surface area contributed by atoms with Gasteiger partial charge in [-0.3, -0.25) is 19.8 Å². The summed E-state index contributed by atoms with van der Waals surface area (Å²) in [4.78, 5) is 16.6. The van der Waals surface area contributed by atoms with Crippen LogP contribution in [0.1, 0.15) is 58.3 Å². The molecule has 0 aromatic rings. The highest BCUT2D eigenvalue weighted by molar-refractivity contribution is 7.92. The average Bonchev–Trinajstić information content (AvgIpc) is 3.24. The molecule has 1 aliphatic carbocycles. The van der Waals surface area contributed by atoms with E-state index in [-0.39, 0.29) is 48.1 Å². The first kappa shape index (κ1) is 28.9. The molecule has 0 spiro atoms. The zero-order valence-corrected chi connectivity index (χ0v) is 23.8. The second kappa shape index (κ2) is 11.0. The summed E-state index contributed by atoms with van der Waals surface area (Å²) >= 11 is 6.40. The standard InChI is InChI=1S/C25H42ClF3N6O2S/c1-15-7-10-34(19-14-31-21-13-20(26)32-35(21)22(15)19)18-5-3-16(4-6-18)23(25(27,28)29)33(2)24(36)17-8-11-38(30,37)12-9-17/h15-23,30-32H,3-14H2,1-2H3/t15-,16?,17?,18?,19?,20?,21?,22?,23-,38?/m0/s1. The number of hydrogen-bond acceptors (Lipinski definition) is 7. The van der Waals surface area contributed by atoms with Gasteiger partial charge in [0.25, 0.3) is 0 Å². The summed E-state index contributed by atoms with van der Waals surface area (Å²) in [7, 11) is -1.41. The van der Waals surface area contributed by atoms with Crippen LogP contribution in [0, 0.1) is 22.5 Å². The summed E-state index contributed by atoms with van der Waals surface area (Å²) in [5.41, 5.74) is 3.33. The molecule has 1 saturated carbocycles. The smallest absolute Gasteiger partial charge is 0.333 e. The molecule has 4 heterocycles. The maximum absolute atomic E-state index is 14.4. The molecule has 8 nitrogen and oxygen atoms in total. The summed E-state index contributed by atoms with van der Waals surface area (Å²) in [5.74, 6) is -1.05. The third-order valence-electron chi connectivity index (χ3n) is 9.88. The Morgan fingerprint density at radius 2 is 1.79 bits per heavy atom. The number of hydrazine groups is 1. The molecule has 4 saturated heterocycles. The molecule has 0 aromatic heterocycles. The lowest BCUT2D eigenvalue weighted by Gasteiger charge is -2.55. The first-order valence-corrected chi connectivity index (χ1v) is 16.4. The molecule has 0 radical (unpaired) electrons. The normalized spacial score (nSPS) is 43.7. The van der Waals surface area contributed by atoms with Gasteiger partial charge in [-0.25, -0.2) is 14.6 Å². The molecule has 0 bridgehead atoms. The Balaban J connectivity index is 1.23. The second-order valence-electron chi connectivity index (χ2n) is 12.2. The van der Waals surface area contributed by atoms with Gasteiger partial charge in [-0.2, -0.15) is 13.2 Å². The third kappa shape index (κ3) is 5.72. The molecule has 6 atom stereocenters. The van der Waals surface area contributed by atoms with E-state index in [1.165, 1.54) is 7.05 Å². The monoisotopic (exact) mass is 582 g/mol. The number of halogens is 4. The van der Waals surface area contributed by atoms with Crippen molar-refractivity contribution >= 4 is 27.2 Å². The van der Waals surface area contributed by atoms with Crippen LogP contribution in [0.15, 0.2) is 0 Å². The molecule has 3 N–H and O–H groups in total. The molecule has 218 valence electrons. The SMILES string of the molecule is C[C@H]1CCN(C2CCC([C@H](N(C)C(=O)C3CCS(=N)(=O)CC3)C(F)(F)F)CC2)C2CNC3CC(Cl)NN3C21. The van der Waals surface area contributed by atoms with Gasteiger partial charge in [0.1, 0.15) is 6.04 Å². The van der Waals surface area contributed by atoms with Gasteiger partial charge >= 0.3 is 6.18 Å². The molecule has 4 unspecified atom stereocenters. The molecule has 1 amide bonds. The predicted octanol–water partition coefficient (Wildman–Crippen LogP) is 3.17. The minimum atomic E-state index is -4.51. The van der Waals surface area contributed by atoms with Gasteiger partial charge in [-0.05, 0) is 63.3 Å². The van der Waals surface area contributed by atoms with Crippen molar-refractivity contribution in [2.75, 3.05) is 31.6 Å². The number of amides is 1. The van der Waals surface area contributed by atoms with E-state index in [1.807, 2.05) is 0 Å². The highest BCUT2D eigenvalue weighted by Crippen LogP contribution is 2.42. The maximum atomic E-state index is 14.4. The van der Waals surface area contributed by atoms with Crippen LogP contribution in [0.5, 0.6) is 0 Å². The number of nitrogens with one attached hydrogen (secondary N) is 3. The molecule has 0 aromatic carbocycles. The quantitative estimate of drug-likeness (QED) is 0.348. The average molecular weight is 583 g/mol. The number of piperidine rings is 1. The predicted molar refractivity (Wildman–Crippen MR) is 141 cm³/mol. The number of rotatable bonds is 4. The van der Waals surface area contributed by atoms with Gasteiger partial charge in [0, 0.05) is 65.3 Å². The third-order valence-corrected chi connectivity index (χ3v) is 11.9. The van der Waals surface area contributed by atoms with E-state index in [1.54, 1.807) is 0 Å². The first-order chi connectivity index (χ1) is 17.9. The van der Waals surface area contributed by atoms with Gasteiger partial charge in [0.2, 0.25) is 5.91 Å². The van der Waals surface area contributed by atoms with Gasteiger partial charge in [0.05, 0.1) is 11.7 Å². The first-order valence-electron chi connectivity index (χ1n) is 14.1. The van der Waals surface area contributed by atoms with Crippen LogP contribution in [0.2, 0.25) is 0 Å². The van der Waals surface area contributed by atoms with Crippen molar-refractivity contribution in [1.29, 1.82) is 4.78 Å². The number of carbonyl (C=O) groups is 1. The van der Waals surface area contributed by atoms with Gasteiger partial charge in [0.15, 0.2) is 0 Å². The van der Waals surface area contributed by atoms with Crippen LogP contribution in [0.3, 0.4) is 0 Å². The Hall–Kier alpha value is -0.660. The van der Waals surface area contributed by atoms with E-state index >= 15 is 0 Å². The van der Waals surface area contributed by atoms with Crippen LogP contribution in [-0.4, -0.2) is 98.6 Å². The topological polar surface area (TPSA) is 91.8 Å². The summed E-state index contributed by atoms with van der Waals surface area (Å²) in [6.07, 6.45) is 0.303. The lowest BCUT2D eigenvalue weighted by molar-refractivity contribution is -0.203. The molecule has 13 heteroatoms. The van der Waals surface area contributed by atoms with E-state index < -0.39 is 39.7 Å². The lowest BCUT2D eigenvalue weighted by Crippen LogP contribution is -2.72. The van der Waals surface area contributed by atoms with E-state index in [4.69, 9.17) is 16.4 Å². The Kier molecular flexibility index (Phi) is 8.32. The molecule has 38 heavy (non-hydrogen) atoms. The van der Waals surface area contributed by atoms with Crippen molar-refractivity contribution in [2.24, 2.45) is 17.8 Å². The summed E-state index contributed by atoms with van der Waals surface area (Å²) in [6, 6.07) is -0.972. The number of fused-ring (bicyclic) bond motifs is 3. The molecular formula is C25H42ClF3N6O2S. The van der Waals surface area contributed by atoms with Crippen LogP contribution in [0.25, 0.3) is 0 Å². The number of carbonyl (C=O) groups excluding carboxylic acids is 1. The number of likely N-dealkylation sites (tertiary alicyclic amines) is 1. The Labute approximate surface area is 229 Å². The fraction of sp³-hybridized carbons (Fsp3) is 0.960. The van der Waals surface area contributed by atoms with Crippen LogP contribution in [-0.2, 0) is 14.5 Å². The highest BCUT2D eigenvalue weighted by atomic mass is 35.5. The second-order valence-corrected chi connectivity index (χ2v) is 15.2. The van der Waals surface area contributed by atoms with Gasteiger partial charge in [-0.15, -0.1) is 11.6 Å². The van der Waals surface area contributed by atoms with Crippen molar-refractivity contribution in [3.8, 4) is 0 Å². The van der Waals surface area contributed by atoms with Gasteiger partial charge in [-0.1, -0.05) is 6.92 Å². The summed E-state index contributed by atoms with van der Waals surface area (Å²) in [6.45, 7) is 4.09. The Bertz CT molecular complexity index is 965. The summed E-state index contributed by atoms with van der Waals surface area (Å²) < 4.78 is 62.8. The van der Waals surface area contributed by atoms with E-state index in [0.717, 1.165) is 30.8 Å². The van der Waals surface area contributed by atoms with Crippen LogP contribution >= 0.6 is 11.6 Å². The minimum absolute atomic E-state index is 0.0871. The Morgan fingerprint density at radius 3 is 2.42 bits per heavy atom. The number of alkyl halides is 4. The zero-order valence-electron chi connectivity index (χ0n) is 22.3. The van der Waals surface area contributed by atoms with Crippen LogP contribution < -0.4 is 10.7 Å². The fourth-order valence-corrected chi connectivity index (χ4v) is 9.71. The van der Waals surface area contributed by atoms with E-state index in [2.05, 4.69) is 27.6 Å². The maximum Gasteiger partial charge on any atom is 0.409 e.